The van der Waals surface area contributed by atoms with E-state index in [9.17, 15) is 8.42 Å². The van der Waals surface area contributed by atoms with Gasteiger partial charge in [-0.05, 0) is 12.8 Å². The molecule has 3 N–H and O–H groups in total. The summed E-state index contributed by atoms with van der Waals surface area (Å²) in [4.78, 5) is 7.89. The van der Waals surface area contributed by atoms with Crippen LogP contribution in [0.1, 0.15) is 12.8 Å². The topological polar surface area (TPSA) is 98.0 Å². The van der Waals surface area contributed by atoms with Crippen LogP contribution in [-0.2, 0) is 9.84 Å². The molecular formula is C9H14N4O2S. The number of hydrogen-bond acceptors (Lipinski definition) is 6. The summed E-state index contributed by atoms with van der Waals surface area (Å²) in [6.45, 7) is 0.367. The number of nitrogens with two attached hydrogens (primary N) is 1. The fraction of sp³-hybridized carbons (Fsp3) is 0.556. The van der Waals surface area contributed by atoms with E-state index in [-0.39, 0.29) is 5.25 Å². The zero-order valence-electron chi connectivity index (χ0n) is 8.76. The Morgan fingerprint density at radius 3 is 2.69 bits per heavy atom. The molecule has 0 spiro atoms. The summed E-state index contributed by atoms with van der Waals surface area (Å²) < 4.78 is 23.1. The van der Waals surface area contributed by atoms with Crippen LogP contribution in [0.15, 0.2) is 12.4 Å². The van der Waals surface area contributed by atoms with E-state index in [0.717, 1.165) is 6.42 Å². The predicted octanol–water partition coefficient (Wildman–Crippen LogP) is 0.0479. The van der Waals surface area contributed by atoms with E-state index in [2.05, 4.69) is 15.3 Å². The zero-order valence-corrected chi connectivity index (χ0v) is 9.57. The Morgan fingerprint density at radius 2 is 2.12 bits per heavy atom. The molecule has 1 unspecified atom stereocenters. The Morgan fingerprint density at radius 1 is 1.44 bits per heavy atom. The van der Waals surface area contributed by atoms with Crippen LogP contribution in [0.25, 0.3) is 0 Å². The molecule has 0 bridgehead atoms. The van der Waals surface area contributed by atoms with Gasteiger partial charge in [0.05, 0.1) is 29.1 Å². The summed E-state index contributed by atoms with van der Waals surface area (Å²) in [5.74, 6) is 0.707. The van der Waals surface area contributed by atoms with Gasteiger partial charge in [0.25, 0.3) is 0 Å². The predicted molar refractivity (Wildman–Crippen MR) is 61.7 cm³/mol. The number of anilines is 2. The van der Waals surface area contributed by atoms with Crippen LogP contribution in [0.2, 0.25) is 0 Å². The first-order valence-corrected chi connectivity index (χ1v) is 6.82. The van der Waals surface area contributed by atoms with Crippen molar-refractivity contribution in [3.63, 3.8) is 0 Å². The van der Waals surface area contributed by atoms with Crippen molar-refractivity contribution in [1.82, 2.24) is 9.97 Å². The lowest BCUT2D eigenvalue weighted by atomic mass is 10.2. The number of hydrogen-bond donors (Lipinski definition) is 2. The fourth-order valence-electron chi connectivity index (χ4n) is 1.72. The zero-order chi connectivity index (χ0) is 11.6. The van der Waals surface area contributed by atoms with Gasteiger partial charge in [-0.1, -0.05) is 0 Å². The molecule has 1 atom stereocenters. The van der Waals surface area contributed by atoms with E-state index in [0.29, 0.717) is 30.4 Å². The van der Waals surface area contributed by atoms with E-state index in [1.165, 1.54) is 12.4 Å². The Bertz CT molecular complexity index is 457. The van der Waals surface area contributed by atoms with Crippen molar-refractivity contribution in [2.45, 2.75) is 18.1 Å². The van der Waals surface area contributed by atoms with Gasteiger partial charge in [-0.2, -0.15) is 0 Å². The molecular weight excluding hydrogens is 228 g/mol. The normalized spacial score (nSPS) is 23.1. The van der Waals surface area contributed by atoms with Crippen molar-refractivity contribution in [2.24, 2.45) is 0 Å². The molecule has 1 aliphatic rings. The molecule has 1 saturated heterocycles. The lowest BCUT2D eigenvalue weighted by Gasteiger charge is -2.10. The van der Waals surface area contributed by atoms with Crippen molar-refractivity contribution in [3.8, 4) is 0 Å². The van der Waals surface area contributed by atoms with Crippen molar-refractivity contribution in [3.05, 3.63) is 12.4 Å². The summed E-state index contributed by atoms with van der Waals surface area (Å²) in [7, 11) is -2.91. The third kappa shape index (κ3) is 2.41. The third-order valence-electron chi connectivity index (χ3n) is 2.62. The maximum absolute atomic E-state index is 11.5. The lowest BCUT2D eigenvalue weighted by Crippen LogP contribution is -2.25. The van der Waals surface area contributed by atoms with Gasteiger partial charge in [0.1, 0.15) is 0 Å². The van der Waals surface area contributed by atoms with Gasteiger partial charge in [0.15, 0.2) is 9.84 Å². The second kappa shape index (κ2) is 4.25. The lowest BCUT2D eigenvalue weighted by molar-refractivity contribution is 0.591. The van der Waals surface area contributed by atoms with Crippen LogP contribution >= 0.6 is 0 Å². The van der Waals surface area contributed by atoms with E-state index in [1.54, 1.807) is 0 Å². The van der Waals surface area contributed by atoms with Gasteiger partial charge >= 0.3 is 0 Å². The average molecular weight is 242 g/mol. The molecule has 6 nitrogen and oxygen atoms in total. The standard InChI is InChI=1S/C9H14N4O2S/c10-7-4-11-9(12-5-7)13-6-8-2-1-3-16(8,14)15/h4-5,8H,1-3,6,10H2,(H,11,12,13). The smallest absolute Gasteiger partial charge is 0.222 e. The minimum Gasteiger partial charge on any atom is -0.396 e. The molecule has 2 heterocycles. The van der Waals surface area contributed by atoms with E-state index in [4.69, 9.17) is 5.73 Å². The van der Waals surface area contributed by atoms with Gasteiger partial charge in [-0.15, -0.1) is 0 Å². The Balaban J connectivity index is 1.95. The summed E-state index contributed by atoms with van der Waals surface area (Å²) in [5.41, 5.74) is 5.92. The largest absolute Gasteiger partial charge is 0.396 e. The molecule has 0 amide bonds. The number of nitrogens with zero attached hydrogens (tertiary/aromatic N) is 2. The minimum absolute atomic E-state index is 0.294. The summed E-state index contributed by atoms with van der Waals surface area (Å²) in [6.07, 6.45) is 4.43. The Kier molecular flexibility index (Phi) is 2.95. The summed E-state index contributed by atoms with van der Waals surface area (Å²) in [6, 6.07) is 0. The van der Waals surface area contributed by atoms with Gasteiger partial charge in [0.2, 0.25) is 5.95 Å². The van der Waals surface area contributed by atoms with Gasteiger partial charge in [-0.3, -0.25) is 0 Å². The molecule has 0 saturated carbocycles. The van der Waals surface area contributed by atoms with Crippen LogP contribution < -0.4 is 11.1 Å². The number of aromatic nitrogens is 2. The maximum atomic E-state index is 11.5. The summed E-state index contributed by atoms with van der Waals surface area (Å²) >= 11 is 0. The quantitative estimate of drug-likeness (QED) is 0.777. The minimum atomic E-state index is -2.91. The van der Waals surface area contributed by atoms with E-state index in [1.807, 2.05) is 0 Å². The van der Waals surface area contributed by atoms with Crippen molar-refractivity contribution in [1.29, 1.82) is 0 Å². The monoisotopic (exact) mass is 242 g/mol. The first kappa shape index (κ1) is 11.1. The van der Waals surface area contributed by atoms with Crippen molar-refractivity contribution >= 4 is 21.5 Å². The molecule has 1 fully saturated rings. The van der Waals surface area contributed by atoms with Crippen LogP contribution in [0.3, 0.4) is 0 Å². The number of nitrogens with one attached hydrogen (secondary N) is 1. The van der Waals surface area contributed by atoms with Gasteiger partial charge in [0, 0.05) is 6.54 Å². The summed E-state index contributed by atoms with van der Waals surface area (Å²) in [5, 5.41) is 2.60. The van der Waals surface area contributed by atoms with Gasteiger partial charge < -0.3 is 11.1 Å². The SMILES string of the molecule is Nc1cnc(NCC2CCCS2(=O)=O)nc1. The second-order valence-corrected chi connectivity index (χ2v) is 6.25. The highest BCUT2D eigenvalue weighted by Gasteiger charge is 2.30. The van der Waals surface area contributed by atoms with Crippen LogP contribution in [0.5, 0.6) is 0 Å². The molecule has 2 rings (SSSR count). The number of nitrogen functional groups attached to an aromatic ring is 1. The first-order valence-electron chi connectivity index (χ1n) is 5.11. The van der Waals surface area contributed by atoms with Crippen molar-refractivity contribution in [2.75, 3.05) is 23.3 Å². The molecule has 16 heavy (non-hydrogen) atoms. The highest BCUT2D eigenvalue weighted by Crippen LogP contribution is 2.19. The Hall–Kier alpha value is -1.37. The molecule has 0 radical (unpaired) electrons. The highest BCUT2D eigenvalue weighted by atomic mass is 32.2. The van der Waals surface area contributed by atoms with E-state index >= 15 is 0 Å². The van der Waals surface area contributed by atoms with Crippen LogP contribution in [-0.4, -0.2) is 35.9 Å². The molecule has 1 aliphatic heterocycles. The molecule has 88 valence electrons. The van der Waals surface area contributed by atoms with Crippen molar-refractivity contribution < 1.29 is 8.42 Å². The molecule has 1 aromatic heterocycles. The van der Waals surface area contributed by atoms with Gasteiger partial charge in [-0.25, -0.2) is 18.4 Å². The second-order valence-electron chi connectivity index (χ2n) is 3.85. The van der Waals surface area contributed by atoms with Crippen LogP contribution in [0, 0.1) is 0 Å². The fourth-order valence-corrected chi connectivity index (χ4v) is 3.49. The maximum Gasteiger partial charge on any atom is 0.222 e. The molecule has 1 aromatic rings. The Labute approximate surface area is 94.2 Å². The third-order valence-corrected chi connectivity index (χ3v) is 4.90. The average Bonchev–Trinajstić information content (AvgIpc) is 2.57. The van der Waals surface area contributed by atoms with Crippen LogP contribution in [0.4, 0.5) is 11.6 Å². The number of rotatable bonds is 3. The molecule has 0 aliphatic carbocycles. The molecule has 7 heteroatoms. The number of sulfone groups is 1. The first-order chi connectivity index (χ1) is 7.58. The highest BCUT2D eigenvalue weighted by molar-refractivity contribution is 7.92. The molecule has 0 aromatic carbocycles. The van der Waals surface area contributed by atoms with E-state index < -0.39 is 9.84 Å².